The third kappa shape index (κ3) is 10.9. The van der Waals surface area contributed by atoms with Gasteiger partial charge in [-0.25, -0.2) is 0 Å². The minimum atomic E-state index is -2.18. The normalized spacial score (nSPS) is 20.3. The number of benzene rings is 5. The SMILES string of the molecule is C=CCOCCCCc1ccc(Cc2cc([C@]3(O)OC(CO)(CO)[C@@H](OCc4ccccc4)[C@H](OCc4ccccc4)[C@H]3OCc3ccccc3)ccc2C)cc1. The van der Waals surface area contributed by atoms with E-state index in [-0.39, 0.29) is 19.8 Å². The zero-order valence-corrected chi connectivity index (χ0v) is 32.9. The highest BCUT2D eigenvalue weighted by atomic mass is 16.7. The molecule has 1 aliphatic rings. The number of hydrogen-bond donors (Lipinski definition) is 3. The molecule has 300 valence electrons. The second kappa shape index (κ2) is 20.8. The molecule has 6 rings (SSSR count). The maximum atomic E-state index is 13.1. The molecule has 1 heterocycles. The van der Waals surface area contributed by atoms with Gasteiger partial charge in [0.1, 0.15) is 23.9 Å². The van der Waals surface area contributed by atoms with Gasteiger partial charge in [0.15, 0.2) is 0 Å². The zero-order valence-electron chi connectivity index (χ0n) is 32.9. The Balaban J connectivity index is 1.34. The molecule has 3 N–H and O–H groups in total. The molecule has 0 spiro atoms. The van der Waals surface area contributed by atoms with E-state index in [2.05, 4.69) is 30.8 Å². The van der Waals surface area contributed by atoms with Crippen LogP contribution in [-0.2, 0) is 62.1 Å². The maximum Gasteiger partial charge on any atom is 0.223 e. The van der Waals surface area contributed by atoms with Crippen molar-refractivity contribution < 1.29 is 39.0 Å². The highest BCUT2D eigenvalue weighted by molar-refractivity contribution is 5.39. The minimum absolute atomic E-state index is 0.131. The minimum Gasteiger partial charge on any atom is -0.393 e. The van der Waals surface area contributed by atoms with E-state index in [1.165, 1.54) is 5.56 Å². The summed E-state index contributed by atoms with van der Waals surface area (Å²) in [7, 11) is 0. The number of aliphatic hydroxyl groups is 3. The van der Waals surface area contributed by atoms with Crippen molar-refractivity contribution in [1.29, 1.82) is 0 Å². The fourth-order valence-electron chi connectivity index (χ4n) is 7.37. The molecule has 1 fully saturated rings. The molecule has 0 radical (unpaired) electrons. The van der Waals surface area contributed by atoms with Gasteiger partial charge in [-0.3, -0.25) is 0 Å². The molecule has 0 unspecified atom stereocenters. The summed E-state index contributed by atoms with van der Waals surface area (Å²) in [5, 5.41) is 35.3. The monoisotopic (exact) mass is 772 g/mol. The molecule has 5 aromatic carbocycles. The Hall–Kier alpha value is -4.48. The van der Waals surface area contributed by atoms with Crippen LogP contribution in [0.5, 0.6) is 0 Å². The summed E-state index contributed by atoms with van der Waals surface area (Å²) < 4.78 is 32.2. The molecule has 57 heavy (non-hydrogen) atoms. The van der Waals surface area contributed by atoms with Crippen LogP contribution in [0.3, 0.4) is 0 Å². The maximum absolute atomic E-state index is 13.1. The van der Waals surface area contributed by atoms with Crippen molar-refractivity contribution in [3.63, 3.8) is 0 Å². The van der Waals surface area contributed by atoms with E-state index < -0.39 is 42.9 Å². The van der Waals surface area contributed by atoms with E-state index in [1.807, 2.05) is 116 Å². The molecule has 8 heteroatoms. The quantitative estimate of drug-likeness (QED) is 0.0514. The lowest BCUT2D eigenvalue weighted by molar-refractivity contribution is -0.411. The average molecular weight is 773 g/mol. The van der Waals surface area contributed by atoms with Gasteiger partial charge in [-0.2, -0.15) is 0 Å². The van der Waals surface area contributed by atoms with Gasteiger partial charge >= 0.3 is 0 Å². The summed E-state index contributed by atoms with van der Waals surface area (Å²) in [5.74, 6) is -2.18. The molecule has 1 saturated heterocycles. The Morgan fingerprint density at radius 1 is 0.649 bits per heavy atom. The van der Waals surface area contributed by atoms with Crippen molar-refractivity contribution in [2.45, 2.75) is 82.1 Å². The number of aryl methyl sites for hydroxylation is 2. The van der Waals surface area contributed by atoms with Crippen LogP contribution in [0, 0.1) is 6.92 Å². The van der Waals surface area contributed by atoms with Crippen LogP contribution in [0.25, 0.3) is 0 Å². The van der Waals surface area contributed by atoms with E-state index in [9.17, 15) is 15.3 Å². The first kappa shape index (κ1) is 42.1. The molecule has 8 nitrogen and oxygen atoms in total. The van der Waals surface area contributed by atoms with E-state index in [1.54, 1.807) is 6.08 Å². The molecule has 0 bridgehead atoms. The molecule has 0 amide bonds. The Morgan fingerprint density at radius 2 is 1.19 bits per heavy atom. The lowest BCUT2D eigenvalue weighted by atomic mass is 9.80. The number of unbranched alkanes of at least 4 members (excludes halogenated alkanes) is 1. The fourth-order valence-corrected chi connectivity index (χ4v) is 7.37. The van der Waals surface area contributed by atoms with Gasteiger partial charge < -0.3 is 39.0 Å². The topological polar surface area (TPSA) is 107 Å². The lowest BCUT2D eigenvalue weighted by Gasteiger charge is -2.55. The van der Waals surface area contributed by atoms with Crippen molar-refractivity contribution in [1.82, 2.24) is 0 Å². The summed E-state index contributed by atoms with van der Waals surface area (Å²) >= 11 is 0. The third-order valence-electron chi connectivity index (χ3n) is 10.6. The first-order valence-corrected chi connectivity index (χ1v) is 19.8. The van der Waals surface area contributed by atoms with Crippen molar-refractivity contribution >= 4 is 0 Å². The van der Waals surface area contributed by atoms with E-state index in [0.717, 1.165) is 59.3 Å². The van der Waals surface area contributed by atoms with Crippen LogP contribution in [-0.4, -0.2) is 65.7 Å². The predicted molar refractivity (Wildman–Crippen MR) is 221 cm³/mol. The van der Waals surface area contributed by atoms with Crippen LogP contribution in [0.1, 0.15) is 57.3 Å². The van der Waals surface area contributed by atoms with Crippen LogP contribution >= 0.6 is 0 Å². The Kier molecular flexibility index (Phi) is 15.4. The van der Waals surface area contributed by atoms with Crippen molar-refractivity contribution in [3.8, 4) is 0 Å². The van der Waals surface area contributed by atoms with Gasteiger partial charge in [0, 0.05) is 12.2 Å². The number of aliphatic hydroxyl groups excluding tert-OH is 2. The summed E-state index contributed by atoms with van der Waals surface area (Å²) in [6.45, 7) is 6.16. The third-order valence-corrected chi connectivity index (χ3v) is 10.6. The average Bonchev–Trinajstić information content (AvgIpc) is 3.25. The summed E-state index contributed by atoms with van der Waals surface area (Å²) in [6.07, 6.45) is 2.17. The van der Waals surface area contributed by atoms with E-state index in [4.69, 9.17) is 23.7 Å². The largest absolute Gasteiger partial charge is 0.393 e. The van der Waals surface area contributed by atoms with Crippen LogP contribution < -0.4 is 0 Å². The Labute approximate surface area is 337 Å². The van der Waals surface area contributed by atoms with Crippen molar-refractivity contribution in [2.24, 2.45) is 0 Å². The number of hydrogen-bond acceptors (Lipinski definition) is 8. The zero-order chi connectivity index (χ0) is 39.9. The van der Waals surface area contributed by atoms with Gasteiger partial charge in [-0.15, -0.1) is 6.58 Å². The Morgan fingerprint density at radius 3 is 1.75 bits per heavy atom. The standard InChI is InChI=1S/C49H56O8/c1-3-28-53-29-14-13-15-38-23-25-39(26-24-38)30-43-31-44(27-22-37(43)2)49(52)47(56-34-42-20-11-6-12-21-42)45(54-32-40-16-7-4-8-17-40)46(48(35-50,36-51)57-49)55-33-41-18-9-5-10-19-41/h3-12,16-27,31,45-47,50-52H,1,13-15,28-30,32-36H2,2H3/t45-,46-,47+,49-/m0/s1. The highest BCUT2D eigenvalue weighted by Gasteiger charge is 2.63. The second-order valence-corrected chi connectivity index (χ2v) is 14.8. The highest BCUT2D eigenvalue weighted by Crippen LogP contribution is 2.46. The first-order valence-electron chi connectivity index (χ1n) is 19.8. The lowest BCUT2D eigenvalue weighted by Crippen LogP contribution is -2.72. The molecule has 1 aliphatic heterocycles. The molecule has 5 aromatic rings. The summed E-state index contributed by atoms with van der Waals surface area (Å²) in [5.41, 5.74) is 5.73. The Bertz CT molecular complexity index is 1930. The second-order valence-electron chi connectivity index (χ2n) is 14.8. The molecular weight excluding hydrogens is 717 g/mol. The molecule has 0 aliphatic carbocycles. The predicted octanol–water partition coefficient (Wildman–Crippen LogP) is 7.77. The summed E-state index contributed by atoms with van der Waals surface area (Å²) in [6, 6.07) is 43.4. The van der Waals surface area contributed by atoms with E-state index >= 15 is 0 Å². The van der Waals surface area contributed by atoms with Gasteiger partial charge in [-0.05, 0) is 77.6 Å². The first-order chi connectivity index (χ1) is 27.9. The van der Waals surface area contributed by atoms with Crippen molar-refractivity contribution in [3.05, 3.63) is 191 Å². The fraction of sp³-hybridized carbons (Fsp3) is 0.347. The molecule has 0 saturated carbocycles. The number of ether oxygens (including phenoxy) is 5. The van der Waals surface area contributed by atoms with Crippen molar-refractivity contribution in [2.75, 3.05) is 26.4 Å². The van der Waals surface area contributed by atoms with Crippen LogP contribution in [0.4, 0.5) is 0 Å². The smallest absolute Gasteiger partial charge is 0.223 e. The van der Waals surface area contributed by atoms with Gasteiger partial charge in [-0.1, -0.05) is 133 Å². The molecule has 4 atom stereocenters. The van der Waals surface area contributed by atoms with E-state index in [0.29, 0.717) is 18.6 Å². The van der Waals surface area contributed by atoms with Gasteiger partial charge in [0.25, 0.3) is 0 Å². The van der Waals surface area contributed by atoms with Gasteiger partial charge in [0.2, 0.25) is 5.79 Å². The number of rotatable bonds is 21. The van der Waals surface area contributed by atoms with Crippen LogP contribution in [0.2, 0.25) is 0 Å². The van der Waals surface area contributed by atoms with Crippen LogP contribution in [0.15, 0.2) is 146 Å². The summed E-state index contributed by atoms with van der Waals surface area (Å²) in [4.78, 5) is 0. The van der Waals surface area contributed by atoms with Gasteiger partial charge in [0.05, 0.1) is 39.6 Å². The molecular formula is C49H56O8. The molecule has 0 aromatic heterocycles.